The Kier molecular flexibility index (Phi) is 4.36. The van der Waals surface area contributed by atoms with Crippen molar-refractivity contribution < 1.29 is 0 Å². The van der Waals surface area contributed by atoms with E-state index in [0.29, 0.717) is 11.4 Å². The highest BCUT2D eigenvalue weighted by Crippen LogP contribution is 2.24. The molecule has 0 spiro atoms. The maximum Gasteiger partial charge on any atom is 0.0636 e. The van der Waals surface area contributed by atoms with Crippen LogP contribution in [0.2, 0.25) is 0 Å². The second-order valence-corrected chi connectivity index (χ2v) is 4.74. The zero-order valence-corrected chi connectivity index (χ0v) is 11.8. The second-order valence-electron chi connectivity index (χ2n) is 4.74. The van der Waals surface area contributed by atoms with E-state index in [0.717, 1.165) is 35.1 Å². The minimum Gasteiger partial charge on any atom is -0.398 e. The van der Waals surface area contributed by atoms with Gasteiger partial charge in [0.1, 0.15) is 0 Å². The van der Waals surface area contributed by atoms with Gasteiger partial charge in [0.2, 0.25) is 0 Å². The average Bonchev–Trinajstić information content (AvgIpc) is 2.97. The van der Waals surface area contributed by atoms with Gasteiger partial charge in [-0.05, 0) is 41.7 Å². The molecule has 0 radical (unpaired) electrons. The van der Waals surface area contributed by atoms with E-state index in [1.54, 1.807) is 0 Å². The summed E-state index contributed by atoms with van der Waals surface area (Å²) in [5.74, 6) is 0. The van der Waals surface area contributed by atoms with Crippen LogP contribution in [-0.2, 0) is 6.42 Å². The van der Waals surface area contributed by atoms with E-state index in [-0.39, 0.29) is 0 Å². The third-order valence-corrected chi connectivity index (χ3v) is 3.47. The van der Waals surface area contributed by atoms with Gasteiger partial charge in [-0.15, -0.1) is 0 Å². The molecule has 20 heavy (non-hydrogen) atoms. The molecule has 2 rings (SSSR count). The number of benzene rings is 1. The van der Waals surface area contributed by atoms with Crippen molar-refractivity contribution in [3.05, 3.63) is 71.4 Å². The lowest BCUT2D eigenvalue weighted by molar-refractivity contribution is 1.13. The van der Waals surface area contributed by atoms with Crippen LogP contribution >= 0.6 is 0 Å². The van der Waals surface area contributed by atoms with Crippen LogP contribution in [0.15, 0.2) is 54.7 Å². The minimum absolute atomic E-state index is 0.448. The molecule has 0 aliphatic heterocycles. The number of allylic oxidation sites excluding steroid dienone is 6. The molecule has 1 aromatic rings. The van der Waals surface area contributed by atoms with Gasteiger partial charge in [0.05, 0.1) is 5.71 Å². The molecule has 0 bridgehead atoms. The summed E-state index contributed by atoms with van der Waals surface area (Å²) in [6.45, 7) is 5.91. The van der Waals surface area contributed by atoms with Crippen LogP contribution in [0.1, 0.15) is 30.0 Å². The Bertz CT molecular complexity index is 631. The quantitative estimate of drug-likeness (QED) is 0.605. The van der Waals surface area contributed by atoms with E-state index in [2.05, 4.69) is 31.7 Å². The van der Waals surface area contributed by atoms with Gasteiger partial charge in [-0.25, -0.2) is 0 Å². The molecular formula is C18H20N2. The Labute approximate surface area is 120 Å². The SMILES string of the molecule is C=Cc1ccc(N)c(C(=N)/C=C/C2=CCC=C2)c1CC. The van der Waals surface area contributed by atoms with Gasteiger partial charge in [0.25, 0.3) is 0 Å². The van der Waals surface area contributed by atoms with Gasteiger partial charge >= 0.3 is 0 Å². The summed E-state index contributed by atoms with van der Waals surface area (Å²) in [5.41, 5.74) is 11.3. The van der Waals surface area contributed by atoms with Crippen LogP contribution in [-0.4, -0.2) is 5.71 Å². The van der Waals surface area contributed by atoms with E-state index in [1.807, 2.05) is 30.4 Å². The lowest BCUT2D eigenvalue weighted by Crippen LogP contribution is -2.07. The number of nitrogens with one attached hydrogen (secondary N) is 1. The Morgan fingerprint density at radius 2 is 2.25 bits per heavy atom. The minimum atomic E-state index is 0.448. The first-order chi connectivity index (χ1) is 9.67. The summed E-state index contributed by atoms with van der Waals surface area (Å²) in [7, 11) is 0. The highest BCUT2D eigenvalue weighted by Gasteiger charge is 2.11. The second kappa shape index (κ2) is 6.20. The first-order valence-electron chi connectivity index (χ1n) is 6.84. The van der Waals surface area contributed by atoms with Gasteiger partial charge in [-0.2, -0.15) is 0 Å². The molecule has 0 saturated heterocycles. The molecular weight excluding hydrogens is 244 g/mol. The highest BCUT2D eigenvalue weighted by molar-refractivity contribution is 6.11. The standard InChI is InChI=1S/C18H20N2/c1-3-14-10-12-17(20)18(15(14)4-2)16(19)11-9-13-7-5-6-8-13/h3,5,7-12,19H,1,4,6,20H2,2H3/b11-9+,19-16?. The molecule has 1 aliphatic rings. The maximum atomic E-state index is 8.30. The summed E-state index contributed by atoms with van der Waals surface area (Å²) in [6.07, 6.45) is 13.7. The maximum absolute atomic E-state index is 8.30. The Morgan fingerprint density at radius 1 is 1.45 bits per heavy atom. The van der Waals surface area contributed by atoms with Crippen molar-refractivity contribution in [1.82, 2.24) is 0 Å². The molecule has 0 heterocycles. The van der Waals surface area contributed by atoms with E-state index in [1.165, 1.54) is 0 Å². The van der Waals surface area contributed by atoms with Gasteiger partial charge in [0, 0.05) is 11.3 Å². The zero-order chi connectivity index (χ0) is 14.5. The van der Waals surface area contributed by atoms with Gasteiger partial charge in [0.15, 0.2) is 0 Å². The fourth-order valence-electron chi connectivity index (χ4n) is 2.44. The lowest BCUT2D eigenvalue weighted by atomic mass is 9.93. The monoisotopic (exact) mass is 264 g/mol. The van der Waals surface area contributed by atoms with Crippen molar-refractivity contribution in [1.29, 1.82) is 5.41 Å². The molecule has 1 aromatic carbocycles. The smallest absolute Gasteiger partial charge is 0.0636 e. The van der Waals surface area contributed by atoms with Crippen molar-refractivity contribution in [3.8, 4) is 0 Å². The fourth-order valence-corrected chi connectivity index (χ4v) is 2.44. The van der Waals surface area contributed by atoms with E-state index in [4.69, 9.17) is 11.1 Å². The number of hydrogen-bond donors (Lipinski definition) is 2. The molecule has 3 N–H and O–H groups in total. The first kappa shape index (κ1) is 14.1. The zero-order valence-electron chi connectivity index (χ0n) is 11.8. The van der Waals surface area contributed by atoms with Crippen molar-refractivity contribution in [2.24, 2.45) is 0 Å². The summed E-state index contributed by atoms with van der Waals surface area (Å²) < 4.78 is 0. The molecule has 102 valence electrons. The largest absolute Gasteiger partial charge is 0.398 e. The summed E-state index contributed by atoms with van der Waals surface area (Å²) in [5, 5.41) is 8.30. The van der Waals surface area contributed by atoms with Crippen LogP contribution in [0.25, 0.3) is 6.08 Å². The Hall–Kier alpha value is -2.35. The van der Waals surface area contributed by atoms with Gasteiger partial charge in [-0.3, -0.25) is 0 Å². The molecule has 0 aromatic heterocycles. The van der Waals surface area contributed by atoms with E-state index in [9.17, 15) is 0 Å². The highest BCUT2D eigenvalue weighted by atomic mass is 14.6. The first-order valence-corrected chi connectivity index (χ1v) is 6.84. The number of nitrogens with two attached hydrogens (primary N) is 1. The summed E-state index contributed by atoms with van der Waals surface area (Å²) in [6, 6.07) is 3.81. The van der Waals surface area contributed by atoms with Crippen LogP contribution in [0, 0.1) is 5.41 Å². The van der Waals surface area contributed by atoms with E-state index >= 15 is 0 Å². The van der Waals surface area contributed by atoms with Gasteiger partial charge in [-0.1, -0.05) is 49.9 Å². The van der Waals surface area contributed by atoms with Crippen LogP contribution < -0.4 is 5.73 Å². The Balaban J connectivity index is 2.38. The van der Waals surface area contributed by atoms with Crippen molar-refractivity contribution in [2.75, 3.05) is 5.73 Å². The molecule has 0 amide bonds. The van der Waals surface area contributed by atoms with Gasteiger partial charge < -0.3 is 11.1 Å². The van der Waals surface area contributed by atoms with Crippen molar-refractivity contribution >= 4 is 17.5 Å². The summed E-state index contributed by atoms with van der Waals surface area (Å²) >= 11 is 0. The topological polar surface area (TPSA) is 49.9 Å². The predicted molar refractivity (Wildman–Crippen MR) is 88.1 cm³/mol. The molecule has 2 heteroatoms. The third-order valence-electron chi connectivity index (χ3n) is 3.47. The van der Waals surface area contributed by atoms with Crippen molar-refractivity contribution in [3.63, 3.8) is 0 Å². The normalized spacial score (nSPS) is 13.8. The molecule has 0 saturated carbocycles. The number of anilines is 1. The average molecular weight is 264 g/mol. The van der Waals surface area contributed by atoms with Crippen LogP contribution in [0.3, 0.4) is 0 Å². The number of nitrogen functional groups attached to an aromatic ring is 1. The Morgan fingerprint density at radius 3 is 2.85 bits per heavy atom. The molecule has 1 aliphatic carbocycles. The molecule has 0 unspecified atom stereocenters. The van der Waals surface area contributed by atoms with Crippen molar-refractivity contribution in [2.45, 2.75) is 19.8 Å². The molecule has 0 fully saturated rings. The van der Waals surface area contributed by atoms with E-state index < -0.39 is 0 Å². The molecule has 2 nitrogen and oxygen atoms in total. The van der Waals surface area contributed by atoms with Crippen LogP contribution in [0.4, 0.5) is 5.69 Å². The number of hydrogen-bond acceptors (Lipinski definition) is 2. The molecule has 0 atom stereocenters. The third kappa shape index (κ3) is 2.80. The van der Waals surface area contributed by atoms with Crippen LogP contribution in [0.5, 0.6) is 0 Å². The predicted octanol–water partition coefficient (Wildman–Crippen LogP) is 4.28. The lowest BCUT2D eigenvalue weighted by Gasteiger charge is -2.13. The number of rotatable bonds is 5. The summed E-state index contributed by atoms with van der Waals surface area (Å²) in [4.78, 5) is 0. The fraction of sp³-hybridized carbons (Fsp3) is 0.167.